The minimum absolute atomic E-state index is 0.0809. The monoisotopic (exact) mass is 346 g/mol. The molecule has 1 atom stereocenters. The van der Waals surface area contributed by atoms with E-state index in [4.69, 9.17) is 0 Å². The molecule has 3 aromatic carbocycles. The molecule has 3 heteroatoms. The van der Waals surface area contributed by atoms with Crippen molar-refractivity contribution in [3.05, 3.63) is 101 Å². The summed E-state index contributed by atoms with van der Waals surface area (Å²) < 4.78 is 26.8. The van der Waals surface area contributed by atoms with Gasteiger partial charge in [0.15, 0.2) is 9.84 Å². The third-order valence-electron chi connectivity index (χ3n) is 5.72. The predicted octanol–water partition coefficient (Wildman–Crippen LogP) is 4.51. The first-order valence-corrected chi connectivity index (χ1v) is 10.2. The van der Waals surface area contributed by atoms with Crippen molar-refractivity contribution in [1.82, 2.24) is 0 Å². The van der Waals surface area contributed by atoms with Gasteiger partial charge in [0.2, 0.25) is 0 Å². The van der Waals surface area contributed by atoms with E-state index in [1.165, 1.54) is 22.3 Å². The lowest BCUT2D eigenvalue weighted by atomic mass is 9.63. The molecule has 6 rings (SSSR count). The minimum Gasteiger partial charge on any atom is -0.223 e. The van der Waals surface area contributed by atoms with E-state index in [-0.39, 0.29) is 11.8 Å². The Kier molecular flexibility index (Phi) is 3.16. The van der Waals surface area contributed by atoms with E-state index >= 15 is 0 Å². The average molecular weight is 346 g/mol. The van der Waals surface area contributed by atoms with Gasteiger partial charge in [0, 0.05) is 11.8 Å². The molecule has 0 aromatic heterocycles. The van der Waals surface area contributed by atoms with Crippen LogP contribution in [0.4, 0.5) is 0 Å². The van der Waals surface area contributed by atoms with Crippen molar-refractivity contribution < 1.29 is 8.42 Å². The second-order valence-electron chi connectivity index (χ2n) is 6.92. The first kappa shape index (κ1) is 14.9. The van der Waals surface area contributed by atoms with Crippen molar-refractivity contribution in [2.45, 2.75) is 28.4 Å². The fourth-order valence-electron chi connectivity index (χ4n) is 4.67. The highest BCUT2D eigenvalue weighted by molar-refractivity contribution is 7.92. The largest absolute Gasteiger partial charge is 0.223 e. The highest BCUT2D eigenvalue weighted by atomic mass is 32.2. The van der Waals surface area contributed by atoms with Gasteiger partial charge in [0.05, 0.1) is 10.1 Å². The Morgan fingerprint density at radius 1 is 0.640 bits per heavy atom. The van der Waals surface area contributed by atoms with Crippen molar-refractivity contribution >= 4 is 9.84 Å². The molecule has 0 spiro atoms. The van der Waals surface area contributed by atoms with Crippen LogP contribution in [0.15, 0.2) is 83.8 Å². The molecule has 0 N–H and O–H groups in total. The summed E-state index contributed by atoms with van der Waals surface area (Å²) in [6.45, 7) is 0. The molecule has 0 saturated heterocycles. The second-order valence-corrected chi connectivity index (χ2v) is 9.09. The molecule has 3 aromatic rings. The van der Waals surface area contributed by atoms with Gasteiger partial charge in [-0.15, -0.1) is 0 Å². The van der Waals surface area contributed by atoms with Crippen LogP contribution in [-0.4, -0.2) is 13.7 Å². The summed E-state index contributed by atoms with van der Waals surface area (Å²) in [5.41, 5.74) is 4.96. The Hall–Kier alpha value is -2.39. The zero-order valence-corrected chi connectivity index (χ0v) is 14.5. The summed E-state index contributed by atoms with van der Waals surface area (Å²) >= 11 is 0. The minimum atomic E-state index is -3.38. The van der Waals surface area contributed by atoms with E-state index in [1.807, 2.05) is 18.2 Å². The molecule has 0 radical (unpaired) electrons. The molecule has 3 aliphatic rings. The molecule has 0 aliphatic heterocycles. The van der Waals surface area contributed by atoms with Crippen LogP contribution in [0.25, 0.3) is 0 Å². The maximum absolute atomic E-state index is 13.4. The van der Waals surface area contributed by atoms with Crippen LogP contribution in [0.2, 0.25) is 0 Å². The third-order valence-corrected chi connectivity index (χ3v) is 7.91. The highest BCUT2D eigenvalue weighted by Gasteiger charge is 2.48. The molecule has 0 amide bonds. The smallest absolute Gasteiger partial charge is 0.182 e. The maximum atomic E-state index is 13.4. The van der Waals surface area contributed by atoms with Gasteiger partial charge in [-0.2, -0.15) is 0 Å². The quantitative estimate of drug-likeness (QED) is 0.684. The van der Waals surface area contributed by atoms with Gasteiger partial charge in [0.25, 0.3) is 0 Å². The van der Waals surface area contributed by atoms with Crippen molar-refractivity contribution in [3.63, 3.8) is 0 Å². The molecule has 0 fully saturated rings. The maximum Gasteiger partial charge on any atom is 0.182 e. The Balaban J connectivity index is 1.73. The Labute approximate surface area is 148 Å². The lowest BCUT2D eigenvalue weighted by molar-refractivity contribution is 0.492. The topological polar surface area (TPSA) is 34.1 Å². The van der Waals surface area contributed by atoms with Crippen LogP contribution in [0.1, 0.15) is 40.5 Å². The lowest BCUT2D eigenvalue weighted by Crippen LogP contribution is -2.40. The predicted molar refractivity (Wildman–Crippen MR) is 98.6 cm³/mol. The number of benzene rings is 3. The van der Waals surface area contributed by atoms with Crippen molar-refractivity contribution in [2.75, 3.05) is 0 Å². The van der Waals surface area contributed by atoms with Gasteiger partial charge in [0.1, 0.15) is 0 Å². The second kappa shape index (κ2) is 5.30. The SMILES string of the molecule is O=S(=O)(c1ccccc1)[C@H]1CC2c3ccccc3C1c1ccccc12. The molecule has 2 nitrogen and oxygen atoms in total. The van der Waals surface area contributed by atoms with Crippen molar-refractivity contribution in [2.24, 2.45) is 0 Å². The summed E-state index contributed by atoms with van der Waals surface area (Å²) in [6, 6.07) is 25.6. The van der Waals surface area contributed by atoms with E-state index in [2.05, 4.69) is 36.4 Å². The molecular weight excluding hydrogens is 328 g/mol. The molecule has 2 bridgehead atoms. The molecule has 124 valence electrons. The van der Waals surface area contributed by atoms with E-state index in [9.17, 15) is 8.42 Å². The van der Waals surface area contributed by atoms with Gasteiger partial charge in [-0.25, -0.2) is 8.42 Å². The van der Waals surface area contributed by atoms with Crippen LogP contribution in [0.3, 0.4) is 0 Å². The number of rotatable bonds is 2. The average Bonchev–Trinajstić information content (AvgIpc) is 2.68. The molecule has 25 heavy (non-hydrogen) atoms. The van der Waals surface area contributed by atoms with Crippen molar-refractivity contribution in [3.8, 4) is 0 Å². The van der Waals surface area contributed by atoms with E-state index in [0.717, 1.165) is 0 Å². The van der Waals surface area contributed by atoms with E-state index in [1.54, 1.807) is 24.3 Å². The lowest BCUT2D eigenvalue weighted by Gasteiger charge is -2.45. The van der Waals surface area contributed by atoms with Gasteiger partial charge >= 0.3 is 0 Å². The summed E-state index contributed by atoms with van der Waals surface area (Å²) in [5.74, 6) is 0.0866. The highest BCUT2D eigenvalue weighted by Crippen LogP contribution is 2.55. The molecular formula is C22H18O2S. The van der Waals surface area contributed by atoms with Crippen LogP contribution in [0, 0.1) is 0 Å². The van der Waals surface area contributed by atoms with Crippen molar-refractivity contribution in [1.29, 1.82) is 0 Å². The molecule has 0 saturated carbocycles. The van der Waals surface area contributed by atoms with Crippen LogP contribution in [-0.2, 0) is 9.84 Å². The molecule has 3 aliphatic carbocycles. The first-order valence-electron chi connectivity index (χ1n) is 8.64. The van der Waals surface area contributed by atoms with Crippen LogP contribution >= 0.6 is 0 Å². The van der Waals surface area contributed by atoms with Gasteiger partial charge in [-0.3, -0.25) is 0 Å². The van der Waals surface area contributed by atoms with E-state index in [0.29, 0.717) is 11.3 Å². The Morgan fingerprint density at radius 3 is 1.68 bits per heavy atom. The van der Waals surface area contributed by atoms with Crippen LogP contribution in [0.5, 0.6) is 0 Å². The zero-order chi connectivity index (χ0) is 17.0. The standard InChI is InChI=1S/C22H18O2S/c23-25(24,15-8-2-1-3-9-15)21-14-20-16-10-4-6-12-18(16)22(21)19-13-7-5-11-17(19)20/h1-13,20-22H,14H2/t20?,21-,22?/m0/s1. The number of fused-ring (bicyclic) bond motifs is 1. The number of hydrogen-bond donors (Lipinski definition) is 0. The first-order chi connectivity index (χ1) is 12.2. The Morgan fingerprint density at radius 2 is 1.12 bits per heavy atom. The van der Waals surface area contributed by atoms with Gasteiger partial charge < -0.3 is 0 Å². The van der Waals surface area contributed by atoms with E-state index < -0.39 is 15.1 Å². The fourth-order valence-corrected chi connectivity index (χ4v) is 6.66. The molecule has 0 heterocycles. The summed E-state index contributed by atoms with van der Waals surface area (Å²) in [6.07, 6.45) is 0.663. The fraction of sp³-hybridized carbons (Fsp3) is 0.182. The third kappa shape index (κ3) is 2.05. The zero-order valence-electron chi connectivity index (χ0n) is 13.7. The van der Waals surface area contributed by atoms with Gasteiger partial charge in [-0.05, 0) is 40.8 Å². The summed E-state index contributed by atoms with van der Waals surface area (Å²) in [7, 11) is -3.38. The normalized spacial score (nSPS) is 23.8. The molecule has 0 unspecified atom stereocenters. The summed E-state index contributed by atoms with van der Waals surface area (Å²) in [5, 5.41) is -0.398. The van der Waals surface area contributed by atoms with Gasteiger partial charge in [-0.1, -0.05) is 66.7 Å². The summed E-state index contributed by atoms with van der Waals surface area (Å²) in [4.78, 5) is 0.433. The van der Waals surface area contributed by atoms with Crippen LogP contribution < -0.4 is 0 Å². The number of sulfone groups is 1. The number of hydrogen-bond acceptors (Lipinski definition) is 2. The Bertz CT molecular complexity index is 1010.